The molecule has 0 unspecified atom stereocenters. The molecular weight excluding hydrogens is 307 g/mol. The van der Waals surface area contributed by atoms with Crippen LogP contribution in [0.15, 0.2) is 22.7 Å². The second-order valence-electron chi connectivity index (χ2n) is 2.84. The zero-order valence-corrected chi connectivity index (χ0v) is 10.1. The summed E-state index contributed by atoms with van der Waals surface area (Å²) in [7, 11) is -5.11. The first-order chi connectivity index (χ1) is 7.26. The predicted octanol–water partition coefficient (Wildman–Crippen LogP) is 1.67. The average molecular weight is 313 g/mol. The number of carboxylic acid groups (broad SMARTS) is 1. The summed E-state index contributed by atoms with van der Waals surface area (Å²) in [5, 5.41) is 8.53. The van der Waals surface area contributed by atoms with Gasteiger partial charge in [0.2, 0.25) is 0 Å². The lowest BCUT2D eigenvalue weighted by atomic mass is 10.1. The smallest absolute Gasteiger partial charge is 0.481 e. The molecule has 0 fully saturated rings. The zero-order valence-electron chi connectivity index (χ0n) is 7.68. The monoisotopic (exact) mass is 312 g/mol. The summed E-state index contributed by atoms with van der Waals surface area (Å²) in [5.74, 6) is -1.37. The number of rotatable bonds is 4. The van der Waals surface area contributed by atoms with Crippen LogP contribution < -0.4 is 4.18 Å². The normalized spacial score (nSPS) is 11.1. The van der Waals surface area contributed by atoms with E-state index in [1.54, 1.807) is 0 Å². The van der Waals surface area contributed by atoms with Crippen molar-refractivity contribution < 1.29 is 26.4 Å². The second kappa shape index (κ2) is 4.79. The van der Waals surface area contributed by atoms with Gasteiger partial charge in [0.25, 0.3) is 0 Å². The van der Waals surface area contributed by atoms with Crippen LogP contribution in [-0.4, -0.2) is 19.5 Å². The molecule has 0 aliphatic carbocycles. The second-order valence-corrected chi connectivity index (χ2v) is 4.71. The molecule has 0 amide bonds. The van der Waals surface area contributed by atoms with Gasteiger partial charge in [-0.3, -0.25) is 4.79 Å². The summed E-state index contributed by atoms with van der Waals surface area (Å²) >= 11 is 3.02. The van der Waals surface area contributed by atoms with E-state index in [0.717, 1.165) is 6.07 Å². The first-order valence-electron chi connectivity index (χ1n) is 3.91. The molecule has 1 N–H and O–H groups in total. The molecule has 0 saturated heterocycles. The van der Waals surface area contributed by atoms with Crippen molar-refractivity contribution in [3.05, 3.63) is 28.2 Å². The molecule has 0 heterocycles. The van der Waals surface area contributed by atoms with Gasteiger partial charge in [-0.05, 0) is 23.8 Å². The van der Waals surface area contributed by atoms with Crippen molar-refractivity contribution in [3.8, 4) is 5.75 Å². The van der Waals surface area contributed by atoms with Gasteiger partial charge in [0, 0.05) is 4.47 Å². The largest absolute Gasteiger partial charge is 0.488 e. The van der Waals surface area contributed by atoms with Gasteiger partial charge in [-0.25, -0.2) is 0 Å². The summed E-state index contributed by atoms with van der Waals surface area (Å²) in [6.45, 7) is 0. The van der Waals surface area contributed by atoms with Gasteiger partial charge in [-0.2, -0.15) is 8.42 Å². The highest BCUT2D eigenvalue weighted by atomic mass is 79.9. The summed E-state index contributed by atoms with van der Waals surface area (Å²) in [4.78, 5) is 10.4. The van der Waals surface area contributed by atoms with Crippen LogP contribution in [0.4, 0.5) is 3.89 Å². The third kappa shape index (κ3) is 4.58. The fourth-order valence-corrected chi connectivity index (χ4v) is 1.91. The Labute approximate surface area is 99.4 Å². The summed E-state index contributed by atoms with van der Waals surface area (Å²) in [5.41, 5.74) is 0.292. The van der Waals surface area contributed by atoms with E-state index < -0.39 is 16.5 Å². The lowest BCUT2D eigenvalue weighted by Crippen LogP contribution is -2.03. The molecule has 0 saturated carbocycles. The van der Waals surface area contributed by atoms with Gasteiger partial charge in [-0.1, -0.05) is 19.8 Å². The van der Waals surface area contributed by atoms with Crippen molar-refractivity contribution in [1.29, 1.82) is 0 Å². The van der Waals surface area contributed by atoms with Crippen molar-refractivity contribution in [2.45, 2.75) is 6.42 Å². The van der Waals surface area contributed by atoms with Gasteiger partial charge in [-0.15, -0.1) is 0 Å². The minimum Gasteiger partial charge on any atom is -0.481 e. The maximum atomic E-state index is 12.2. The Morgan fingerprint density at radius 3 is 2.56 bits per heavy atom. The number of carbonyl (C=O) groups is 1. The number of hydrogen-bond acceptors (Lipinski definition) is 4. The van der Waals surface area contributed by atoms with Gasteiger partial charge < -0.3 is 9.29 Å². The Kier molecular flexibility index (Phi) is 3.87. The molecule has 1 aromatic rings. The zero-order chi connectivity index (χ0) is 12.3. The van der Waals surface area contributed by atoms with Crippen LogP contribution in [0.25, 0.3) is 0 Å². The Bertz CT molecular complexity index is 513. The molecule has 88 valence electrons. The number of hydrogen-bond donors (Lipinski definition) is 1. The van der Waals surface area contributed by atoms with Crippen LogP contribution >= 0.6 is 15.9 Å². The molecular formula is C8H6BrFO5S. The Balaban J connectivity index is 3.03. The molecule has 0 bridgehead atoms. The third-order valence-electron chi connectivity index (χ3n) is 1.48. The Hall–Kier alpha value is -1.15. The first-order valence-corrected chi connectivity index (χ1v) is 6.02. The highest BCUT2D eigenvalue weighted by Gasteiger charge is 2.12. The average Bonchev–Trinajstić information content (AvgIpc) is 1.96. The molecule has 0 spiro atoms. The molecule has 0 aromatic heterocycles. The number of halogens is 2. The maximum Gasteiger partial charge on any atom is 0.488 e. The van der Waals surface area contributed by atoms with E-state index in [2.05, 4.69) is 20.1 Å². The van der Waals surface area contributed by atoms with E-state index in [1.807, 2.05) is 0 Å². The van der Waals surface area contributed by atoms with Crippen LogP contribution in [0.2, 0.25) is 0 Å². The first kappa shape index (κ1) is 12.9. The number of carboxylic acids is 1. The Morgan fingerprint density at radius 1 is 1.44 bits per heavy atom. The van der Waals surface area contributed by atoms with E-state index >= 15 is 0 Å². The topological polar surface area (TPSA) is 80.7 Å². The minimum absolute atomic E-state index is 0.284. The molecule has 5 nitrogen and oxygen atoms in total. The molecule has 16 heavy (non-hydrogen) atoms. The van der Waals surface area contributed by atoms with Crippen molar-refractivity contribution in [1.82, 2.24) is 0 Å². The molecule has 0 aliphatic heterocycles. The highest BCUT2D eigenvalue weighted by Crippen LogP contribution is 2.23. The van der Waals surface area contributed by atoms with E-state index in [0.29, 0.717) is 10.0 Å². The van der Waals surface area contributed by atoms with Crippen LogP contribution in [-0.2, 0) is 21.7 Å². The van der Waals surface area contributed by atoms with E-state index in [-0.39, 0.29) is 12.2 Å². The Morgan fingerprint density at radius 2 is 2.06 bits per heavy atom. The summed E-state index contributed by atoms with van der Waals surface area (Å²) in [6.07, 6.45) is -0.317. The molecule has 0 aliphatic rings. The lowest BCUT2D eigenvalue weighted by molar-refractivity contribution is -0.136. The van der Waals surface area contributed by atoms with Gasteiger partial charge in [0.15, 0.2) is 0 Å². The minimum atomic E-state index is -5.11. The van der Waals surface area contributed by atoms with Crippen molar-refractivity contribution >= 4 is 32.4 Å². The number of aliphatic carboxylic acids is 1. The fourth-order valence-electron chi connectivity index (χ4n) is 1.06. The van der Waals surface area contributed by atoms with Crippen LogP contribution in [0.3, 0.4) is 0 Å². The standard InChI is InChI=1S/C8H6BrFO5S/c9-6-1-5(3-8(11)12)2-7(4-6)15-16(10,13)14/h1-2,4H,3H2,(H,11,12). The fraction of sp³-hybridized carbons (Fsp3) is 0.125. The molecule has 1 aromatic carbocycles. The van der Waals surface area contributed by atoms with Crippen LogP contribution in [0, 0.1) is 0 Å². The molecule has 0 atom stereocenters. The predicted molar refractivity (Wildman–Crippen MR) is 56.1 cm³/mol. The van der Waals surface area contributed by atoms with Crippen molar-refractivity contribution in [2.75, 3.05) is 0 Å². The van der Waals surface area contributed by atoms with Crippen molar-refractivity contribution in [2.24, 2.45) is 0 Å². The van der Waals surface area contributed by atoms with E-state index in [1.165, 1.54) is 12.1 Å². The molecule has 0 radical (unpaired) electrons. The molecule has 8 heteroatoms. The van der Waals surface area contributed by atoms with Gasteiger partial charge in [0.05, 0.1) is 6.42 Å². The van der Waals surface area contributed by atoms with Gasteiger partial charge in [0.1, 0.15) is 5.75 Å². The van der Waals surface area contributed by atoms with E-state index in [9.17, 15) is 17.1 Å². The molecule has 1 rings (SSSR count). The highest BCUT2D eigenvalue weighted by molar-refractivity contribution is 9.10. The van der Waals surface area contributed by atoms with E-state index in [4.69, 9.17) is 5.11 Å². The van der Waals surface area contributed by atoms with Gasteiger partial charge >= 0.3 is 16.5 Å². The summed E-state index contributed by atoms with van der Waals surface area (Å²) < 4.78 is 37.0. The number of benzene rings is 1. The third-order valence-corrected chi connectivity index (χ3v) is 2.33. The summed E-state index contributed by atoms with van der Waals surface area (Å²) in [6, 6.07) is 3.81. The van der Waals surface area contributed by atoms with Crippen LogP contribution in [0.5, 0.6) is 5.75 Å². The quantitative estimate of drug-likeness (QED) is 0.855. The SMILES string of the molecule is O=C(O)Cc1cc(Br)cc(OS(=O)(=O)F)c1. The van der Waals surface area contributed by atoms with Crippen LogP contribution in [0.1, 0.15) is 5.56 Å². The van der Waals surface area contributed by atoms with Crippen molar-refractivity contribution in [3.63, 3.8) is 0 Å². The lowest BCUT2D eigenvalue weighted by Gasteiger charge is -2.03. The maximum absolute atomic E-state index is 12.2.